The Hall–Kier alpha value is 0.340. The van der Waals surface area contributed by atoms with Gasteiger partial charge in [-0.25, -0.2) is 5.01 Å². The quantitative estimate of drug-likeness (QED) is 0.370. The van der Waals surface area contributed by atoms with Crippen LogP contribution in [0.5, 0.6) is 0 Å². The molecule has 1 rings (SSSR count). The first-order valence-electron chi connectivity index (χ1n) is 3.75. The molecule has 0 aliphatic carbocycles. The molecule has 78 valence electrons. The Labute approximate surface area is 116 Å². The summed E-state index contributed by atoms with van der Waals surface area (Å²) in [6, 6.07) is 0. The Morgan fingerprint density at radius 1 is 1.21 bits per heavy atom. The number of thiocarbonyl (C=S) groups is 2. The molecule has 5 N–H and O–H groups in total. The molecule has 0 unspecified atom stereocenters. The van der Waals surface area contributed by atoms with E-state index in [0.29, 0.717) is 0 Å². The van der Waals surface area contributed by atoms with Gasteiger partial charge in [0.05, 0.1) is 0 Å². The second-order valence-electron chi connectivity index (χ2n) is 2.45. The van der Waals surface area contributed by atoms with Crippen LogP contribution >= 0.6 is 24.4 Å². The van der Waals surface area contributed by atoms with Gasteiger partial charge in [0.15, 0.2) is 0 Å². The molecular formula is C6H14N3NaO2S2. The maximum absolute atomic E-state index is 8.59. The van der Waals surface area contributed by atoms with Crippen LogP contribution in [-0.2, 0) is 0 Å². The van der Waals surface area contributed by atoms with Gasteiger partial charge in [-0.1, -0.05) is 0 Å². The van der Waals surface area contributed by atoms with Crippen LogP contribution in [0.3, 0.4) is 0 Å². The zero-order valence-electron chi connectivity index (χ0n) is 7.06. The van der Waals surface area contributed by atoms with Gasteiger partial charge in [0, 0.05) is 13.1 Å². The van der Waals surface area contributed by atoms with Crippen molar-refractivity contribution in [3.05, 3.63) is 0 Å². The molecule has 0 amide bonds. The molecule has 1 aliphatic rings. The third kappa shape index (κ3) is 12.3. The minimum absolute atomic E-state index is 0. The maximum atomic E-state index is 8.59. The van der Waals surface area contributed by atoms with E-state index in [1.165, 1.54) is 12.8 Å². The van der Waals surface area contributed by atoms with Crippen molar-refractivity contribution >= 4 is 64.3 Å². The van der Waals surface area contributed by atoms with Crippen LogP contribution in [0.15, 0.2) is 0 Å². The zero-order valence-corrected chi connectivity index (χ0v) is 8.70. The van der Waals surface area contributed by atoms with Gasteiger partial charge in [-0.15, -0.1) is 0 Å². The van der Waals surface area contributed by atoms with Crippen LogP contribution in [0.4, 0.5) is 0 Å². The van der Waals surface area contributed by atoms with Crippen LogP contribution < -0.4 is 11.2 Å². The van der Waals surface area contributed by atoms with Gasteiger partial charge < -0.3 is 15.9 Å². The molecule has 1 heterocycles. The zero-order chi connectivity index (χ0) is 10.3. The summed E-state index contributed by atoms with van der Waals surface area (Å²) in [7, 11) is 0. The van der Waals surface area contributed by atoms with Crippen molar-refractivity contribution in [1.29, 1.82) is 0 Å². The summed E-state index contributed by atoms with van der Waals surface area (Å²) in [5.41, 5.74) is 7.06. The average Bonchev–Trinajstić information content (AvgIpc) is 2.36. The molecule has 1 aliphatic heterocycles. The Morgan fingerprint density at radius 3 is 1.86 bits per heavy atom. The van der Waals surface area contributed by atoms with Crippen molar-refractivity contribution in [3.8, 4) is 0 Å². The molecule has 8 heteroatoms. The second kappa shape index (κ2) is 9.88. The summed E-state index contributed by atoms with van der Waals surface area (Å²) >= 11 is 8.31. The number of nitrogens with two attached hydrogens (primary N) is 1. The predicted molar refractivity (Wildman–Crippen MR) is 65.7 cm³/mol. The SMILES string of the molecule is NC(O)=S.OC(=S)NN1CCCC1.[NaH]. The van der Waals surface area contributed by atoms with E-state index in [9.17, 15) is 0 Å². The normalized spacial score (nSPS) is 14.6. The summed E-state index contributed by atoms with van der Waals surface area (Å²) in [6.07, 6.45) is 2.38. The topological polar surface area (TPSA) is 81.8 Å². The third-order valence-corrected chi connectivity index (χ3v) is 1.45. The van der Waals surface area contributed by atoms with Gasteiger partial charge in [-0.2, -0.15) is 0 Å². The van der Waals surface area contributed by atoms with Crippen molar-refractivity contribution in [3.63, 3.8) is 0 Å². The summed E-state index contributed by atoms with van der Waals surface area (Å²) in [5, 5.41) is 17.4. The van der Waals surface area contributed by atoms with Crippen molar-refractivity contribution in [2.75, 3.05) is 13.1 Å². The first kappa shape index (κ1) is 16.8. The monoisotopic (exact) mass is 247 g/mol. The van der Waals surface area contributed by atoms with Crippen LogP contribution in [0.2, 0.25) is 0 Å². The molecule has 0 aromatic rings. The van der Waals surface area contributed by atoms with E-state index in [1.54, 1.807) is 0 Å². The Kier molecular flexibility index (Phi) is 11.8. The number of hydrogen-bond donors (Lipinski definition) is 4. The van der Waals surface area contributed by atoms with Gasteiger partial charge in [0.25, 0.3) is 10.3 Å². The van der Waals surface area contributed by atoms with Crippen molar-refractivity contribution in [2.24, 2.45) is 5.73 Å². The number of aliphatic hydroxyl groups is 2. The van der Waals surface area contributed by atoms with Crippen molar-refractivity contribution < 1.29 is 10.2 Å². The number of hydrogen-bond acceptors (Lipinski definition) is 3. The van der Waals surface area contributed by atoms with Crippen molar-refractivity contribution in [2.45, 2.75) is 12.8 Å². The molecule has 0 aromatic heterocycles. The first-order valence-corrected chi connectivity index (χ1v) is 4.57. The van der Waals surface area contributed by atoms with Gasteiger partial charge in [-0.05, 0) is 37.3 Å². The van der Waals surface area contributed by atoms with Gasteiger partial charge in [0.2, 0.25) is 0 Å². The number of aliphatic hydroxyl groups excluding tert-OH is 2. The fraction of sp³-hybridized carbons (Fsp3) is 0.667. The third-order valence-electron chi connectivity index (χ3n) is 1.36. The fourth-order valence-electron chi connectivity index (χ4n) is 0.964. The molecule has 0 spiro atoms. The Balaban J connectivity index is 0. The fourth-order valence-corrected chi connectivity index (χ4v) is 1.09. The van der Waals surface area contributed by atoms with Crippen molar-refractivity contribution in [1.82, 2.24) is 10.4 Å². The molecule has 1 saturated heterocycles. The Morgan fingerprint density at radius 2 is 1.57 bits per heavy atom. The van der Waals surface area contributed by atoms with Gasteiger partial charge >= 0.3 is 29.6 Å². The standard InChI is InChI=1S/C5H10N2OS.CH3NOS.Na.H/c8-5(9)6-7-3-1-2-4-7;2-1(3)4;;/h1-4H2,(H2,6,8,9);(H3,2,3,4);;. The molecule has 14 heavy (non-hydrogen) atoms. The number of hydrazine groups is 1. The molecule has 0 bridgehead atoms. The number of nitrogens with zero attached hydrogens (tertiary/aromatic N) is 1. The first-order chi connectivity index (χ1) is 6.02. The van der Waals surface area contributed by atoms with Gasteiger partial charge in [0.1, 0.15) is 0 Å². The van der Waals surface area contributed by atoms with E-state index in [0.717, 1.165) is 13.1 Å². The molecule has 5 nitrogen and oxygen atoms in total. The van der Waals surface area contributed by atoms with Crippen LogP contribution in [-0.4, -0.2) is 68.2 Å². The minimum atomic E-state index is -0.500. The Bertz CT molecular complexity index is 184. The molecular weight excluding hydrogens is 233 g/mol. The summed E-state index contributed by atoms with van der Waals surface area (Å²) in [4.78, 5) is 0. The van der Waals surface area contributed by atoms with E-state index >= 15 is 0 Å². The summed E-state index contributed by atoms with van der Waals surface area (Å²) in [6.45, 7) is 1.97. The van der Waals surface area contributed by atoms with E-state index < -0.39 is 5.17 Å². The van der Waals surface area contributed by atoms with Crippen LogP contribution in [0, 0.1) is 0 Å². The van der Waals surface area contributed by atoms with E-state index in [4.69, 9.17) is 10.2 Å². The number of nitrogens with one attached hydrogen (secondary N) is 1. The molecule has 0 aromatic carbocycles. The molecule has 0 saturated carbocycles. The molecule has 0 radical (unpaired) electrons. The number of rotatable bonds is 1. The summed E-state index contributed by atoms with van der Waals surface area (Å²) in [5.74, 6) is 0. The van der Waals surface area contributed by atoms with E-state index in [1.807, 2.05) is 5.01 Å². The summed E-state index contributed by atoms with van der Waals surface area (Å²) < 4.78 is 0. The predicted octanol–water partition coefficient (Wildman–Crippen LogP) is -0.431. The molecule has 0 atom stereocenters. The van der Waals surface area contributed by atoms with Crippen LogP contribution in [0.25, 0.3) is 0 Å². The van der Waals surface area contributed by atoms with Gasteiger partial charge in [-0.3, -0.25) is 5.43 Å². The average molecular weight is 247 g/mol. The van der Waals surface area contributed by atoms with E-state index in [-0.39, 0.29) is 34.7 Å². The molecule has 1 fully saturated rings. The van der Waals surface area contributed by atoms with E-state index in [2.05, 4.69) is 35.6 Å². The van der Waals surface area contributed by atoms with Crippen LogP contribution in [0.1, 0.15) is 12.8 Å². The second-order valence-corrected chi connectivity index (χ2v) is 3.25.